The van der Waals surface area contributed by atoms with Crippen molar-refractivity contribution in [1.29, 1.82) is 0 Å². The van der Waals surface area contributed by atoms with Crippen molar-refractivity contribution in [3.8, 4) is 5.75 Å². The average Bonchev–Trinajstić information content (AvgIpc) is 2.19. The smallest absolute Gasteiger partial charge is 0.231 e. The quantitative estimate of drug-likeness (QED) is 0.756. The minimum Gasteiger partial charge on any atom is -0.491 e. The van der Waals surface area contributed by atoms with Gasteiger partial charge >= 0.3 is 0 Å². The molecule has 4 nitrogen and oxygen atoms in total. The first-order valence-electron chi connectivity index (χ1n) is 5.32. The van der Waals surface area contributed by atoms with Crippen LogP contribution in [0.3, 0.4) is 0 Å². The molecule has 3 N–H and O–H groups in total. The second-order valence-electron chi connectivity index (χ2n) is 3.88. The van der Waals surface area contributed by atoms with Crippen LogP contribution in [0.1, 0.15) is 19.4 Å². The molecule has 0 heterocycles. The highest BCUT2D eigenvalue weighted by molar-refractivity contribution is 5.75. The average molecular weight is 222 g/mol. The summed E-state index contributed by atoms with van der Waals surface area (Å²) in [5, 5.41) is 2.95. The van der Waals surface area contributed by atoms with Gasteiger partial charge in [0, 0.05) is 6.54 Å². The summed E-state index contributed by atoms with van der Waals surface area (Å²) in [6, 6.07) is 7.76. The van der Waals surface area contributed by atoms with Gasteiger partial charge in [0.15, 0.2) is 0 Å². The molecule has 1 amide bonds. The Morgan fingerprint density at radius 1 is 1.38 bits per heavy atom. The second-order valence-corrected chi connectivity index (χ2v) is 3.88. The van der Waals surface area contributed by atoms with Crippen molar-refractivity contribution in [2.24, 2.45) is 5.73 Å². The fourth-order valence-corrected chi connectivity index (χ4v) is 1.29. The number of nitrogens with two attached hydrogens (primary N) is 1. The van der Waals surface area contributed by atoms with Crippen molar-refractivity contribution < 1.29 is 9.53 Å². The normalized spacial score (nSPS) is 10.4. The van der Waals surface area contributed by atoms with Crippen molar-refractivity contribution in [3.05, 3.63) is 29.8 Å². The fourth-order valence-electron chi connectivity index (χ4n) is 1.29. The number of rotatable bonds is 6. The van der Waals surface area contributed by atoms with Crippen LogP contribution in [-0.4, -0.2) is 18.6 Å². The molecule has 0 spiro atoms. The third kappa shape index (κ3) is 4.79. The fraction of sp³-hybridized carbons (Fsp3) is 0.417. The minimum atomic E-state index is -0.347. The van der Waals surface area contributed by atoms with Crippen molar-refractivity contribution in [2.45, 2.75) is 26.5 Å². The molecular weight excluding hydrogens is 204 g/mol. The highest BCUT2D eigenvalue weighted by Gasteiger charge is 1.98. The van der Waals surface area contributed by atoms with Gasteiger partial charge in [0.1, 0.15) is 5.75 Å². The summed E-state index contributed by atoms with van der Waals surface area (Å²) in [4.78, 5) is 10.5. The first-order chi connectivity index (χ1) is 7.58. The molecule has 0 fully saturated rings. The zero-order valence-electron chi connectivity index (χ0n) is 9.69. The molecule has 1 aromatic carbocycles. The van der Waals surface area contributed by atoms with E-state index in [1.807, 2.05) is 38.1 Å². The van der Waals surface area contributed by atoms with E-state index in [4.69, 9.17) is 10.5 Å². The number of nitrogens with one attached hydrogen (secondary N) is 1. The molecule has 0 unspecified atom stereocenters. The number of benzene rings is 1. The van der Waals surface area contributed by atoms with Gasteiger partial charge in [-0.05, 0) is 31.5 Å². The Labute approximate surface area is 95.8 Å². The number of carbonyl (C=O) groups is 1. The maximum Gasteiger partial charge on any atom is 0.231 e. The van der Waals surface area contributed by atoms with Crippen molar-refractivity contribution >= 4 is 5.91 Å². The van der Waals surface area contributed by atoms with E-state index in [0.29, 0.717) is 6.54 Å². The Morgan fingerprint density at radius 3 is 2.50 bits per heavy atom. The summed E-state index contributed by atoms with van der Waals surface area (Å²) in [6.07, 6.45) is 0.179. The van der Waals surface area contributed by atoms with E-state index < -0.39 is 0 Å². The summed E-state index contributed by atoms with van der Waals surface area (Å²) in [6.45, 7) is 4.81. The monoisotopic (exact) mass is 222 g/mol. The topological polar surface area (TPSA) is 64.3 Å². The van der Waals surface area contributed by atoms with Crippen molar-refractivity contribution in [1.82, 2.24) is 5.32 Å². The summed E-state index contributed by atoms with van der Waals surface area (Å²) in [5.41, 5.74) is 6.11. The van der Waals surface area contributed by atoms with Gasteiger partial charge in [-0.2, -0.15) is 0 Å². The van der Waals surface area contributed by atoms with Crippen LogP contribution < -0.4 is 15.8 Å². The Balaban J connectivity index is 2.42. The van der Waals surface area contributed by atoms with Crippen molar-refractivity contribution in [2.75, 3.05) is 6.54 Å². The zero-order valence-corrected chi connectivity index (χ0v) is 9.69. The number of hydrogen-bond donors (Lipinski definition) is 2. The Kier molecular flexibility index (Phi) is 4.79. The lowest BCUT2D eigenvalue weighted by molar-refractivity contribution is -0.117. The van der Waals surface area contributed by atoms with Gasteiger partial charge in [-0.3, -0.25) is 4.79 Å². The number of hydrogen-bond acceptors (Lipinski definition) is 3. The minimum absolute atomic E-state index is 0.179. The molecular formula is C12H18N2O2. The summed E-state index contributed by atoms with van der Waals surface area (Å²) >= 11 is 0. The van der Waals surface area contributed by atoms with Crippen LogP contribution in [0.2, 0.25) is 0 Å². The zero-order chi connectivity index (χ0) is 12.0. The molecule has 16 heavy (non-hydrogen) atoms. The highest BCUT2D eigenvalue weighted by Crippen LogP contribution is 2.13. The van der Waals surface area contributed by atoms with Gasteiger partial charge in [-0.15, -0.1) is 0 Å². The van der Waals surface area contributed by atoms with E-state index in [-0.39, 0.29) is 18.6 Å². The van der Waals surface area contributed by atoms with Gasteiger partial charge in [0.25, 0.3) is 0 Å². The predicted octanol–water partition coefficient (Wildman–Crippen LogP) is 1.05. The van der Waals surface area contributed by atoms with E-state index in [9.17, 15) is 4.79 Å². The van der Waals surface area contributed by atoms with E-state index in [1.165, 1.54) is 0 Å². The van der Waals surface area contributed by atoms with Crippen LogP contribution in [0.25, 0.3) is 0 Å². The highest BCUT2D eigenvalue weighted by atomic mass is 16.5. The van der Waals surface area contributed by atoms with Crippen LogP contribution in [-0.2, 0) is 11.3 Å². The Bertz CT molecular complexity index is 333. The molecule has 0 atom stereocenters. The third-order valence-corrected chi connectivity index (χ3v) is 1.92. The molecule has 0 saturated heterocycles. The molecule has 0 aliphatic rings. The summed E-state index contributed by atoms with van der Waals surface area (Å²) in [7, 11) is 0. The van der Waals surface area contributed by atoms with Crippen LogP contribution in [0.15, 0.2) is 24.3 Å². The van der Waals surface area contributed by atoms with Gasteiger partial charge in [0.05, 0.1) is 12.6 Å². The molecule has 0 bridgehead atoms. The summed E-state index contributed by atoms with van der Waals surface area (Å²) in [5.74, 6) is 0.508. The Morgan fingerprint density at radius 2 is 2.00 bits per heavy atom. The number of primary amides is 1. The largest absolute Gasteiger partial charge is 0.491 e. The van der Waals surface area contributed by atoms with Gasteiger partial charge < -0.3 is 15.8 Å². The summed E-state index contributed by atoms with van der Waals surface area (Å²) < 4.78 is 5.52. The maximum absolute atomic E-state index is 10.5. The predicted molar refractivity (Wildman–Crippen MR) is 63.1 cm³/mol. The molecule has 0 aromatic heterocycles. The van der Waals surface area contributed by atoms with Gasteiger partial charge in [0.2, 0.25) is 5.91 Å². The Hall–Kier alpha value is -1.55. The SMILES string of the molecule is CC(C)Oc1ccc(CNCC(N)=O)cc1. The first-order valence-corrected chi connectivity index (χ1v) is 5.32. The molecule has 4 heteroatoms. The molecule has 0 aliphatic heterocycles. The standard InChI is InChI=1S/C12H18N2O2/c1-9(2)16-11-5-3-10(4-6-11)7-14-8-12(13)15/h3-6,9,14H,7-8H2,1-2H3,(H2,13,15). The van der Waals surface area contributed by atoms with Crippen molar-refractivity contribution in [3.63, 3.8) is 0 Å². The van der Waals surface area contributed by atoms with Crippen LogP contribution in [0, 0.1) is 0 Å². The lowest BCUT2D eigenvalue weighted by Crippen LogP contribution is -2.28. The number of amides is 1. The maximum atomic E-state index is 10.5. The lowest BCUT2D eigenvalue weighted by Gasteiger charge is -2.10. The molecule has 0 aliphatic carbocycles. The van der Waals surface area contributed by atoms with E-state index in [1.54, 1.807) is 0 Å². The molecule has 1 aromatic rings. The lowest BCUT2D eigenvalue weighted by atomic mass is 10.2. The van der Waals surface area contributed by atoms with Crippen LogP contribution >= 0.6 is 0 Å². The third-order valence-electron chi connectivity index (χ3n) is 1.92. The molecule has 0 radical (unpaired) electrons. The van der Waals surface area contributed by atoms with E-state index >= 15 is 0 Å². The van der Waals surface area contributed by atoms with Gasteiger partial charge in [-0.1, -0.05) is 12.1 Å². The van der Waals surface area contributed by atoms with Crippen LogP contribution in [0.4, 0.5) is 0 Å². The van der Waals surface area contributed by atoms with E-state index in [2.05, 4.69) is 5.32 Å². The van der Waals surface area contributed by atoms with Gasteiger partial charge in [-0.25, -0.2) is 0 Å². The van der Waals surface area contributed by atoms with Crippen LogP contribution in [0.5, 0.6) is 5.75 Å². The first kappa shape index (κ1) is 12.5. The number of carbonyl (C=O) groups excluding carboxylic acids is 1. The molecule has 88 valence electrons. The molecule has 0 saturated carbocycles. The second kappa shape index (κ2) is 6.12. The van der Waals surface area contributed by atoms with E-state index in [0.717, 1.165) is 11.3 Å². The number of ether oxygens (including phenoxy) is 1. The molecule has 1 rings (SSSR count).